The van der Waals surface area contributed by atoms with Crippen LogP contribution in [0.1, 0.15) is 0 Å². The molecule has 2 aromatic carbocycles. The maximum Gasteiger partial charge on any atom is 0.203 e. The van der Waals surface area contributed by atoms with Crippen LogP contribution in [0.2, 0.25) is 0 Å². The predicted octanol–water partition coefficient (Wildman–Crippen LogP) is 4.15. The van der Waals surface area contributed by atoms with E-state index in [2.05, 4.69) is 10.2 Å². The highest BCUT2D eigenvalue weighted by Crippen LogP contribution is 2.43. The van der Waals surface area contributed by atoms with Gasteiger partial charge in [0.2, 0.25) is 11.5 Å². The van der Waals surface area contributed by atoms with E-state index >= 15 is 0 Å². The summed E-state index contributed by atoms with van der Waals surface area (Å²) < 4.78 is 31.8. The summed E-state index contributed by atoms with van der Waals surface area (Å²) in [4.78, 5) is 0. The fourth-order valence-corrected chi connectivity index (χ4v) is 2.37. The normalized spacial score (nSPS) is 10.5. The zero-order valence-electron chi connectivity index (χ0n) is 15.7. The molecule has 0 fully saturated rings. The SMILES string of the molecule is COc1cc(N=Nc2cc(OC)c(OC)c(OC)c2)cc(OC)c1OC. The Morgan fingerprint density at radius 3 is 0.923 bits per heavy atom. The van der Waals surface area contributed by atoms with Gasteiger partial charge in [-0.25, -0.2) is 0 Å². The van der Waals surface area contributed by atoms with Crippen molar-refractivity contribution in [1.29, 1.82) is 0 Å². The highest BCUT2D eigenvalue weighted by molar-refractivity contribution is 5.62. The Labute approximate surface area is 152 Å². The van der Waals surface area contributed by atoms with Gasteiger partial charge in [-0.15, -0.1) is 0 Å². The van der Waals surface area contributed by atoms with Crippen LogP contribution in [-0.2, 0) is 0 Å². The van der Waals surface area contributed by atoms with Crippen LogP contribution in [0.15, 0.2) is 34.5 Å². The van der Waals surface area contributed by atoms with Crippen molar-refractivity contribution in [3.05, 3.63) is 24.3 Å². The Hall–Kier alpha value is -3.16. The second-order valence-electron chi connectivity index (χ2n) is 4.97. The Morgan fingerprint density at radius 2 is 0.731 bits per heavy atom. The lowest BCUT2D eigenvalue weighted by Crippen LogP contribution is -1.94. The molecule has 0 unspecified atom stereocenters. The van der Waals surface area contributed by atoms with Crippen molar-refractivity contribution in [3.63, 3.8) is 0 Å². The molecule has 2 aromatic rings. The van der Waals surface area contributed by atoms with Crippen LogP contribution in [0.4, 0.5) is 11.4 Å². The van der Waals surface area contributed by atoms with Gasteiger partial charge in [-0.05, 0) is 0 Å². The molecule has 0 aliphatic carbocycles. The van der Waals surface area contributed by atoms with Gasteiger partial charge in [0.05, 0.1) is 54.0 Å². The minimum Gasteiger partial charge on any atom is -0.493 e. The lowest BCUT2D eigenvalue weighted by molar-refractivity contribution is 0.324. The third-order valence-electron chi connectivity index (χ3n) is 3.58. The van der Waals surface area contributed by atoms with Crippen LogP contribution < -0.4 is 28.4 Å². The quantitative estimate of drug-likeness (QED) is 0.656. The zero-order valence-corrected chi connectivity index (χ0v) is 15.7. The molecule has 0 atom stereocenters. The number of methoxy groups -OCH3 is 6. The second kappa shape index (κ2) is 8.80. The van der Waals surface area contributed by atoms with E-state index in [1.165, 1.54) is 42.7 Å². The van der Waals surface area contributed by atoms with Gasteiger partial charge in [-0.2, -0.15) is 10.2 Å². The Morgan fingerprint density at radius 1 is 0.462 bits per heavy atom. The number of nitrogens with zero attached hydrogens (tertiary/aromatic N) is 2. The monoisotopic (exact) mass is 362 g/mol. The zero-order chi connectivity index (χ0) is 19.1. The molecule has 0 spiro atoms. The summed E-state index contributed by atoms with van der Waals surface area (Å²) >= 11 is 0. The van der Waals surface area contributed by atoms with E-state index in [1.807, 2.05) is 0 Å². The summed E-state index contributed by atoms with van der Waals surface area (Å²) in [5.74, 6) is 2.94. The van der Waals surface area contributed by atoms with Crippen molar-refractivity contribution in [2.75, 3.05) is 42.7 Å². The van der Waals surface area contributed by atoms with E-state index < -0.39 is 0 Å². The minimum absolute atomic E-state index is 0.488. The molecule has 2 rings (SSSR count). The second-order valence-corrected chi connectivity index (χ2v) is 4.97. The van der Waals surface area contributed by atoms with E-state index in [0.29, 0.717) is 45.9 Å². The molecule has 0 heterocycles. The first kappa shape index (κ1) is 19.2. The van der Waals surface area contributed by atoms with Crippen molar-refractivity contribution >= 4 is 11.4 Å². The van der Waals surface area contributed by atoms with Crippen molar-refractivity contribution in [1.82, 2.24) is 0 Å². The minimum atomic E-state index is 0.488. The van der Waals surface area contributed by atoms with E-state index in [-0.39, 0.29) is 0 Å². The molecule has 0 saturated heterocycles. The Bertz CT molecular complexity index is 676. The predicted molar refractivity (Wildman–Crippen MR) is 96.4 cm³/mol. The largest absolute Gasteiger partial charge is 0.493 e. The maximum absolute atomic E-state index is 5.31. The van der Waals surface area contributed by atoms with Crippen LogP contribution in [0.5, 0.6) is 34.5 Å². The lowest BCUT2D eigenvalue weighted by atomic mass is 10.2. The Kier molecular flexibility index (Phi) is 6.48. The number of hydrogen-bond acceptors (Lipinski definition) is 8. The fourth-order valence-electron chi connectivity index (χ4n) is 2.37. The van der Waals surface area contributed by atoms with Gasteiger partial charge in [0.1, 0.15) is 0 Å². The van der Waals surface area contributed by atoms with E-state index in [1.54, 1.807) is 24.3 Å². The van der Waals surface area contributed by atoms with E-state index in [0.717, 1.165) is 0 Å². The van der Waals surface area contributed by atoms with Gasteiger partial charge in [0.25, 0.3) is 0 Å². The third kappa shape index (κ3) is 3.90. The van der Waals surface area contributed by atoms with Gasteiger partial charge in [-0.3, -0.25) is 0 Å². The smallest absolute Gasteiger partial charge is 0.203 e. The van der Waals surface area contributed by atoms with Crippen molar-refractivity contribution in [2.45, 2.75) is 0 Å². The molecular formula is C18H22N2O6. The lowest BCUT2D eigenvalue weighted by Gasteiger charge is -2.13. The Balaban J connectivity index is 2.44. The summed E-state index contributed by atoms with van der Waals surface area (Å²) in [6.07, 6.45) is 0. The van der Waals surface area contributed by atoms with Crippen LogP contribution in [0.25, 0.3) is 0 Å². The maximum atomic E-state index is 5.31. The molecule has 0 saturated carbocycles. The van der Waals surface area contributed by atoms with Crippen LogP contribution in [0.3, 0.4) is 0 Å². The van der Waals surface area contributed by atoms with Crippen molar-refractivity contribution < 1.29 is 28.4 Å². The number of hydrogen-bond donors (Lipinski definition) is 0. The average molecular weight is 362 g/mol. The van der Waals surface area contributed by atoms with Crippen LogP contribution in [-0.4, -0.2) is 42.7 Å². The summed E-state index contributed by atoms with van der Waals surface area (Å²) in [7, 11) is 9.23. The number of ether oxygens (including phenoxy) is 6. The van der Waals surface area contributed by atoms with Crippen LogP contribution >= 0.6 is 0 Å². The summed E-state index contributed by atoms with van der Waals surface area (Å²) in [6, 6.07) is 6.79. The first-order valence-corrected chi connectivity index (χ1v) is 7.63. The molecule has 0 N–H and O–H groups in total. The first-order chi connectivity index (χ1) is 12.6. The molecule has 8 nitrogen and oxygen atoms in total. The third-order valence-corrected chi connectivity index (χ3v) is 3.58. The molecule has 26 heavy (non-hydrogen) atoms. The first-order valence-electron chi connectivity index (χ1n) is 7.63. The number of benzene rings is 2. The number of azo groups is 1. The van der Waals surface area contributed by atoms with Gasteiger partial charge in [0.15, 0.2) is 23.0 Å². The molecule has 0 bridgehead atoms. The molecule has 0 aliphatic heterocycles. The van der Waals surface area contributed by atoms with E-state index in [4.69, 9.17) is 28.4 Å². The van der Waals surface area contributed by atoms with Gasteiger partial charge in [-0.1, -0.05) is 0 Å². The number of rotatable bonds is 8. The van der Waals surface area contributed by atoms with Crippen molar-refractivity contribution in [3.8, 4) is 34.5 Å². The molecule has 0 radical (unpaired) electrons. The van der Waals surface area contributed by atoms with Crippen molar-refractivity contribution in [2.24, 2.45) is 10.2 Å². The fraction of sp³-hybridized carbons (Fsp3) is 0.333. The molecule has 0 aliphatic rings. The van der Waals surface area contributed by atoms with E-state index in [9.17, 15) is 0 Å². The summed E-state index contributed by atoms with van der Waals surface area (Å²) in [5, 5.41) is 8.47. The molecule has 0 amide bonds. The average Bonchev–Trinajstić information content (AvgIpc) is 2.70. The molecule has 8 heteroatoms. The summed E-state index contributed by atoms with van der Waals surface area (Å²) in [6.45, 7) is 0. The van der Waals surface area contributed by atoms with Gasteiger partial charge >= 0.3 is 0 Å². The van der Waals surface area contributed by atoms with Gasteiger partial charge < -0.3 is 28.4 Å². The highest BCUT2D eigenvalue weighted by atomic mass is 16.5. The van der Waals surface area contributed by atoms with Gasteiger partial charge in [0, 0.05) is 24.3 Å². The summed E-state index contributed by atoms with van der Waals surface area (Å²) in [5.41, 5.74) is 1.07. The molecule has 140 valence electrons. The standard InChI is InChI=1S/C18H22N2O6/c1-21-13-7-11(8-14(22-2)17(13)25-5)19-20-12-9-15(23-3)18(26-6)16(10-12)24-4/h7-10H,1-6H3. The molecule has 0 aromatic heterocycles. The highest BCUT2D eigenvalue weighted by Gasteiger charge is 2.14. The molecular weight excluding hydrogens is 340 g/mol. The topological polar surface area (TPSA) is 80.1 Å². The van der Waals surface area contributed by atoms with Crippen LogP contribution in [0, 0.1) is 0 Å².